The number of carbonyl (C=O) groups excluding carboxylic acids is 1. The van der Waals surface area contributed by atoms with Gasteiger partial charge in [0, 0.05) is 18.6 Å². The van der Waals surface area contributed by atoms with Crippen LogP contribution in [0.3, 0.4) is 0 Å². The number of nitriles is 1. The molecule has 35 heavy (non-hydrogen) atoms. The summed E-state index contributed by atoms with van der Waals surface area (Å²) in [5.74, 6) is -0.106. The Hall–Kier alpha value is -3.21. The van der Waals surface area contributed by atoms with Crippen LogP contribution in [0.25, 0.3) is 4.85 Å². The zero-order chi connectivity index (χ0) is 25.6. The van der Waals surface area contributed by atoms with Gasteiger partial charge in [-0.1, -0.05) is 49.0 Å². The minimum Gasteiger partial charge on any atom is -0.368 e. The molecule has 1 amide bonds. The third kappa shape index (κ3) is 6.08. The van der Waals surface area contributed by atoms with E-state index in [-0.39, 0.29) is 12.1 Å². The molecule has 3 rings (SSSR count). The van der Waals surface area contributed by atoms with Gasteiger partial charge >= 0.3 is 0 Å². The van der Waals surface area contributed by atoms with Crippen molar-refractivity contribution in [2.75, 3.05) is 24.5 Å². The molecule has 1 fully saturated rings. The fraction of sp³-hybridized carbons (Fsp3) is 0.440. The van der Waals surface area contributed by atoms with Gasteiger partial charge in [-0.25, -0.2) is 18.6 Å². The molecular weight excluding hydrogens is 470 g/mol. The number of pyridine rings is 1. The second kappa shape index (κ2) is 11.5. The van der Waals surface area contributed by atoms with E-state index in [0.29, 0.717) is 60.0 Å². The van der Waals surface area contributed by atoms with E-state index < -0.39 is 23.1 Å². The van der Waals surface area contributed by atoms with Crippen molar-refractivity contribution >= 4 is 29.2 Å². The van der Waals surface area contributed by atoms with Crippen LogP contribution >= 0.6 is 11.8 Å². The minimum absolute atomic E-state index is 0.273. The van der Waals surface area contributed by atoms with Crippen LogP contribution in [-0.2, 0) is 11.2 Å². The normalized spacial score (nSPS) is 15.9. The first-order valence-corrected chi connectivity index (χ1v) is 12.2. The molecule has 2 aromatic rings. The maximum atomic E-state index is 12.7. The molecule has 1 aromatic heterocycles. The molecule has 1 saturated heterocycles. The maximum Gasteiger partial charge on any atom is 0.250 e. The number of primary amides is 1. The van der Waals surface area contributed by atoms with Crippen molar-refractivity contribution in [2.24, 2.45) is 5.73 Å². The maximum absolute atomic E-state index is 12.7. The second-order valence-corrected chi connectivity index (χ2v) is 9.74. The molecule has 0 saturated carbocycles. The summed E-state index contributed by atoms with van der Waals surface area (Å²) >= 11 is 1.11. The lowest BCUT2D eigenvalue weighted by atomic mass is 9.89. The Morgan fingerprint density at radius 3 is 2.54 bits per heavy atom. The van der Waals surface area contributed by atoms with Crippen LogP contribution in [0.4, 0.5) is 20.3 Å². The minimum atomic E-state index is -2.42. The number of nitrogens with one attached hydrogen (secondary N) is 1. The van der Waals surface area contributed by atoms with E-state index in [4.69, 9.17) is 17.3 Å². The summed E-state index contributed by atoms with van der Waals surface area (Å²) in [6, 6.07) is 11.2. The van der Waals surface area contributed by atoms with Crippen molar-refractivity contribution in [3.05, 3.63) is 58.4 Å². The summed E-state index contributed by atoms with van der Waals surface area (Å²) < 4.78 is 25.4. The van der Waals surface area contributed by atoms with Crippen LogP contribution in [0.2, 0.25) is 0 Å². The summed E-state index contributed by atoms with van der Waals surface area (Å²) in [5, 5.41) is 12.5. The molecule has 10 heteroatoms. The van der Waals surface area contributed by atoms with Gasteiger partial charge in [-0.2, -0.15) is 5.26 Å². The number of halogens is 2. The number of nitrogens with zero attached hydrogens (tertiary/aromatic N) is 4. The molecule has 3 N–H and O–H groups in total. The lowest BCUT2D eigenvalue weighted by Crippen LogP contribution is -2.52. The summed E-state index contributed by atoms with van der Waals surface area (Å²) in [6.07, 6.45) is -0.793. The molecule has 1 unspecified atom stereocenters. The number of anilines is 1. The highest BCUT2D eigenvalue weighted by molar-refractivity contribution is 8.00. The summed E-state index contributed by atoms with van der Waals surface area (Å²) in [6.45, 7) is 12.2. The van der Waals surface area contributed by atoms with E-state index in [9.17, 15) is 18.8 Å². The van der Waals surface area contributed by atoms with Crippen molar-refractivity contribution < 1.29 is 13.6 Å². The molecular formula is C25H28F2N6OS. The molecule has 7 nitrogen and oxygen atoms in total. The van der Waals surface area contributed by atoms with Crippen LogP contribution in [0, 0.1) is 17.9 Å². The summed E-state index contributed by atoms with van der Waals surface area (Å²) in [4.78, 5) is 22.7. The molecule has 1 aliphatic heterocycles. The van der Waals surface area contributed by atoms with Gasteiger partial charge in [-0.3, -0.25) is 4.79 Å². The Kier molecular flexibility index (Phi) is 8.66. The highest BCUT2D eigenvalue weighted by Gasteiger charge is 2.33. The first-order valence-electron chi connectivity index (χ1n) is 11.4. The molecule has 1 aliphatic rings. The molecule has 1 atom stereocenters. The average molecular weight is 499 g/mol. The Morgan fingerprint density at radius 1 is 1.37 bits per heavy atom. The number of alkyl halides is 2. The molecule has 1 aromatic carbocycles. The number of rotatable bonds is 9. The van der Waals surface area contributed by atoms with Crippen molar-refractivity contribution in [1.82, 2.24) is 10.3 Å². The van der Waals surface area contributed by atoms with Crippen molar-refractivity contribution in [3.63, 3.8) is 0 Å². The van der Waals surface area contributed by atoms with Crippen LogP contribution in [-0.4, -0.2) is 42.5 Å². The van der Waals surface area contributed by atoms with E-state index >= 15 is 0 Å². The number of amides is 1. The number of thioether (sulfide) groups is 1. The third-order valence-electron chi connectivity index (χ3n) is 6.24. The quantitative estimate of drug-likeness (QED) is 0.387. The van der Waals surface area contributed by atoms with Crippen LogP contribution in [0.1, 0.15) is 48.6 Å². The second-order valence-electron chi connectivity index (χ2n) is 8.65. The predicted molar refractivity (Wildman–Crippen MR) is 133 cm³/mol. The molecule has 2 heterocycles. The van der Waals surface area contributed by atoms with Crippen molar-refractivity contribution in [2.45, 2.75) is 55.4 Å². The molecule has 184 valence electrons. The van der Waals surface area contributed by atoms with E-state index in [1.807, 2.05) is 36.9 Å². The molecule has 0 aliphatic carbocycles. The Balaban J connectivity index is 1.99. The van der Waals surface area contributed by atoms with Crippen molar-refractivity contribution in [1.29, 1.82) is 5.26 Å². The number of hydrogen-bond donors (Lipinski definition) is 2. The zero-order valence-electron chi connectivity index (χ0n) is 19.7. The van der Waals surface area contributed by atoms with Gasteiger partial charge in [0.1, 0.15) is 22.2 Å². The third-order valence-corrected chi connectivity index (χ3v) is 7.50. The first kappa shape index (κ1) is 26.4. The molecule has 0 radical (unpaired) electrons. The van der Waals surface area contributed by atoms with Gasteiger partial charge in [0.2, 0.25) is 11.6 Å². The van der Waals surface area contributed by atoms with E-state index in [2.05, 4.69) is 16.2 Å². The number of aromatic nitrogens is 1. The highest BCUT2D eigenvalue weighted by Crippen LogP contribution is 2.43. The van der Waals surface area contributed by atoms with E-state index in [1.165, 1.54) is 0 Å². The topological polar surface area (TPSA) is 99.4 Å². The lowest BCUT2D eigenvalue weighted by molar-refractivity contribution is -0.117. The van der Waals surface area contributed by atoms with Crippen molar-refractivity contribution in [3.8, 4) is 6.07 Å². The standard InChI is InChI=1S/C25H28F2N6OS/c1-4-17-18(14-28)24(35-21(22(29)34)16-8-6-5-7-9-16)32-23(20(17)30-3)33-12-10-25(2,11-13-33)31-15-19(26)27/h5-9,19,21,31H,4,10-13,15H2,1-2H3,(H2,29,34). The largest absolute Gasteiger partial charge is 0.368 e. The van der Waals surface area contributed by atoms with Gasteiger partial charge in [0.15, 0.2) is 0 Å². The van der Waals surface area contributed by atoms with Gasteiger partial charge in [0.05, 0.1) is 18.7 Å². The fourth-order valence-electron chi connectivity index (χ4n) is 4.21. The first-order chi connectivity index (χ1) is 16.7. The number of piperidine rings is 1. The Labute approximate surface area is 208 Å². The number of carbonyl (C=O) groups is 1. The van der Waals surface area contributed by atoms with Gasteiger partial charge < -0.3 is 16.0 Å². The van der Waals surface area contributed by atoms with Gasteiger partial charge in [-0.05, 0) is 37.3 Å². The average Bonchev–Trinajstić information content (AvgIpc) is 2.86. The number of hydrogen-bond acceptors (Lipinski definition) is 6. The highest BCUT2D eigenvalue weighted by atomic mass is 32.2. The zero-order valence-corrected chi connectivity index (χ0v) is 20.5. The van der Waals surface area contributed by atoms with Gasteiger partial charge in [0.25, 0.3) is 6.43 Å². The van der Waals surface area contributed by atoms with Crippen LogP contribution in [0.15, 0.2) is 35.4 Å². The van der Waals surface area contributed by atoms with E-state index in [1.54, 1.807) is 12.1 Å². The smallest absolute Gasteiger partial charge is 0.250 e. The Bertz CT molecular complexity index is 1140. The van der Waals surface area contributed by atoms with Crippen LogP contribution in [0.5, 0.6) is 0 Å². The van der Waals surface area contributed by atoms with E-state index in [0.717, 1.165) is 11.8 Å². The number of benzene rings is 1. The SMILES string of the molecule is [C-]#[N+]c1c(N2CCC(C)(NCC(F)F)CC2)nc(SC(C(N)=O)c2ccccc2)c(C#N)c1CC. The summed E-state index contributed by atoms with van der Waals surface area (Å²) in [7, 11) is 0. The lowest BCUT2D eigenvalue weighted by Gasteiger charge is -2.41. The summed E-state index contributed by atoms with van der Waals surface area (Å²) in [5.41, 5.74) is 7.13. The number of nitrogens with two attached hydrogens (primary N) is 1. The van der Waals surface area contributed by atoms with Crippen LogP contribution < -0.4 is 16.0 Å². The Morgan fingerprint density at radius 2 is 2.03 bits per heavy atom. The molecule has 0 spiro atoms. The predicted octanol–water partition coefficient (Wildman–Crippen LogP) is 4.60. The monoisotopic (exact) mass is 498 g/mol. The van der Waals surface area contributed by atoms with Gasteiger partial charge in [-0.15, -0.1) is 0 Å². The fourth-order valence-corrected chi connectivity index (χ4v) is 5.27. The molecule has 0 bridgehead atoms.